The predicted octanol–water partition coefficient (Wildman–Crippen LogP) is 1.49. The Morgan fingerprint density at radius 2 is 1.74 bits per heavy atom. The van der Waals surface area contributed by atoms with Crippen molar-refractivity contribution in [3.05, 3.63) is 0 Å². The van der Waals surface area contributed by atoms with E-state index in [1.54, 1.807) is 0 Å². The molecule has 0 aliphatic carbocycles. The standard InChI is InChI=1S/C13H28N2O4/c1-6-17-11(18-7-2)10(8-14)9-15-12(16)19-13(3,4)5/h10-11H,6-9,14H2,1-5H3,(H,15,16). The number of amides is 1. The van der Waals surface area contributed by atoms with Crippen molar-refractivity contribution in [2.45, 2.75) is 46.5 Å². The van der Waals surface area contributed by atoms with Gasteiger partial charge in [-0.2, -0.15) is 0 Å². The minimum Gasteiger partial charge on any atom is -0.444 e. The van der Waals surface area contributed by atoms with Gasteiger partial charge in [0, 0.05) is 32.2 Å². The molecule has 0 saturated carbocycles. The zero-order chi connectivity index (χ0) is 14.9. The molecule has 3 N–H and O–H groups in total. The third kappa shape index (κ3) is 8.80. The SMILES string of the molecule is CCOC(OCC)C(CN)CNC(=O)OC(C)(C)C. The van der Waals surface area contributed by atoms with E-state index in [-0.39, 0.29) is 5.92 Å². The van der Waals surface area contributed by atoms with Gasteiger partial charge < -0.3 is 25.3 Å². The molecule has 19 heavy (non-hydrogen) atoms. The van der Waals surface area contributed by atoms with Gasteiger partial charge in [0.1, 0.15) is 5.60 Å². The summed E-state index contributed by atoms with van der Waals surface area (Å²) in [5.41, 5.74) is 5.18. The van der Waals surface area contributed by atoms with Crippen LogP contribution in [0.5, 0.6) is 0 Å². The maximum Gasteiger partial charge on any atom is 0.407 e. The Hall–Kier alpha value is -0.850. The minimum atomic E-state index is -0.512. The number of nitrogens with two attached hydrogens (primary N) is 1. The molecule has 0 radical (unpaired) electrons. The van der Waals surface area contributed by atoms with Crippen molar-refractivity contribution >= 4 is 6.09 Å². The Balaban J connectivity index is 4.26. The Bertz CT molecular complexity index is 248. The second kappa shape index (κ2) is 9.12. The van der Waals surface area contributed by atoms with E-state index in [1.165, 1.54) is 0 Å². The van der Waals surface area contributed by atoms with E-state index in [0.717, 1.165) is 0 Å². The summed E-state index contributed by atoms with van der Waals surface area (Å²) >= 11 is 0. The molecule has 1 atom stereocenters. The maximum absolute atomic E-state index is 11.6. The number of hydrogen-bond acceptors (Lipinski definition) is 5. The Morgan fingerprint density at radius 1 is 1.21 bits per heavy atom. The molecule has 0 aromatic rings. The molecule has 0 aliphatic heterocycles. The second-order valence-electron chi connectivity index (χ2n) is 5.16. The number of rotatable bonds is 8. The first-order valence-corrected chi connectivity index (χ1v) is 6.74. The van der Waals surface area contributed by atoms with E-state index >= 15 is 0 Å². The van der Waals surface area contributed by atoms with Crippen LogP contribution < -0.4 is 11.1 Å². The van der Waals surface area contributed by atoms with Crippen LogP contribution in [-0.4, -0.2) is 44.3 Å². The van der Waals surface area contributed by atoms with Crippen molar-refractivity contribution < 1.29 is 19.0 Å². The third-order valence-electron chi connectivity index (χ3n) is 2.26. The van der Waals surface area contributed by atoms with E-state index in [1.807, 2.05) is 34.6 Å². The van der Waals surface area contributed by atoms with Crippen molar-refractivity contribution in [3.8, 4) is 0 Å². The molecule has 1 amide bonds. The molecule has 0 heterocycles. The van der Waals surface area contributed by atoms with E-state index in [2.05, 4.69) is 5.32 Å². The highest BCUT2D eigenvalue weighted by Gasteiger charge is 2.23. The summed E-state index contributed by atoms with van der Waals surface area (Å²) in [4.78, 5) is 11.6. The van der Waals surface area contributed by atoms with Gasteiger partial charge in [-0.25, -0.2) is 4.79 Å². The van der Waals surface area contributed by atoms with E-state index in [9.17, 15) is 4.79 Å². The molecular formula is C13H28N2O4. The summed E-state index contributed by atoms with van der Waals surface area (Å²) in [6.07, 6.45) is -0.868. The monoisotopic (exact) mass is 276 g/mol. The van der Waals surface area contributed by atoms with Gasteiger partial charge in [0.25, 0.3) is 0 Å². The van der Waals surface area contributed by atoms with Gasteiger partial charge in [-0.1, -0.05) is 0 Å². The lowest BCUT2D eigenvalue weighted by Crippen LogP contribution is -2.43. The highest BCUT2D eigenvalue weighted by molar-refractivity contribution is 5.67. The smallest absolute Gasteiger partial charge is 0.407 e. The molecule has 0 fully saturated rings. The van der Waals surface area contributed by atoms with E-state index in [4.69, 9.17) is 19.9 Å². The number of carbonyl (C=O) groups excluding carboxylic acids is 1. The molecular weight excluding hydrogens is 248 g/mol. The van der Waals surface area contributed by atoms with Gasteiger partial charge in [-0.15, -0.1) is 0 Å². The molecule has 1 unspecified atom stereocenters. The summed E-state index contributed by atoms with van der Waals surface area (Å²) in [5.74, 6) is -0.104. The van der Waals surface area contributed by atoms with Crippen LogP contribution in [0.4, 0.5) is 4.79 Å². The van der Waals surface area contributed by atoms with Crippen LogP contribution in [0.3, 0.4) is 0 Å². The molecule has 114 valence electrons. The fourth-order valence-electron chi connectivity index (χ4n) is 1.47. The average Bonchev–Trinajstić information content (AvgIpc) is 2.28. The highest BCUT2D eigenvalue weighted by Crippen LogP contribution is 2.10. The fraction of sp³-hybridized carbons (Fsp3) is 0.923. The Morgan fingerprint density at radius 3 is 2.11 bits per heavy atom. The van der Waals surface area contributed by atoms with E-state index in [0.29, 0.717) is 26.3 Å². The summed E-state index contributed by atoms with van der Waals surface area (Å²) in [6, 6.07) is 0. The molecule has 6 nitrogen and oxygen atoms in total. The molecule has 0 bridgehead atoms. The first-order chi connectivity index (χ1) is 8.84. The first-order valence-electron chi connectivity index (χ1n) is 6.74. The molecule has 0 aliphatic rings. The largest absolute Gasteiger partial charge is 0.444 e. The quantitative estimate of drug-likeness (QED) is 0.656. The van der Waals surface area contributed by atoms with E-state index < -0.39 is 18.0 Å². The van der Waals surface area contributed by atoms with Crippen molar-refractivity contribution in [2.24, 2.45) is 11.7 Å². The van der Waals surface area contributed by atoms with Crippen molar-refractivity contribution in [1.82, 2.24) is 5.32 Å². The minimum absolute atomic E-state index is 0.104. The van der Waals surface area contributed by atoms with Gasteiger partial charge in [0.05, 0.1) is 0 Å². The van der Waals surface area contributed by atoms with Crippen LogP contribution in [0.1, 0.15) is 34.6 Å². The predicted molar refractivity (Wildman–Crippen MR) is 73.8 cm³/mol. The fourth-order valence-corrected chi connectivity index (χ4v) is 1.47. The number of nitrogens with one attached hydrogen (secondary N) is 1. The number of hydrogen-bond donors (Lipinski definition) is 2. The lowest BCUT2D eigenvalue weighted by atomic mass is 10.1. The van der Waals surface area contributed by atoms with Crippen LogP contribution in [0.2, 0.25) is 0 Å². The molecule has 0 aromatic heterocycles. The summed E-state index contributed by atoms with van der Waals surface area (Å²) < 4.78 is 16.1. The van der Waals surface area contributed by atoms with Gasteiger partial charge in [-0.05, 0) is 34.6 Å². The molecule has 0 spiro atoms. The van der Waals surface area contributed by atoms with Crippen LogP contribution in [0.25, 0.3) is 0 Å². The molecule has 6 heteroatoms. The van der Waals surface area contributed by atoms with Gasteiger partial charge in [-0.3, -0.25) is 0 Å². The maximum atomic E-state index is 11.6. The van der Waals surface area contributed by atoms with Crippen LogP contribution in [0, 0.1) is 5.92 Å². The lowest BCUT2D eigenvalue weighted by molar-refractivity contribution is -0.164. The third-order valence-corrected chi connectivity index (χ3v) is 2.26. The zero-order valence-corrected chi connectivity index (χ0v) is 12.7. The van der Waals surface area contributed by atoms with Crippen molar-refractivity contribution in [3.63, 3.8) is 0 Å². The van der Waals surface area contributed by atoms with Gasteiger partial charge >= 0.3 is 6.09 Å². The number of carbonyl (C=O) groups is 1. The van der Waals surface area contributed by atoms with Gasteiger partial charge in [0.2, 0.25) is 0 Å². The zero-order valence-electron chi connectivity index (χ0n) is 12.7. The number of alkyl carbamates (subject to hydrolysis) is 1. The summed E-state index contributed by atoms with van der Waals surface area (Å²) in [6.45, 7) is 11.0. The van der Waals surface area contributed by atoms with Crippen LogP contribution in [0.15, 0.2) is 0 Å². The first kappa shape index (κ1) is 18.1. The summed E-state index contributed by atoms with van der Waals surface area (Å²) in [5, 5.41) is 2.69. The Kier molecular flexibility index (Phi) is 8.71. The highest BCUT2D eigenvalue weighted by atomic mass is 16.7. The molecule has 0 rings (SSSR count). The normalized spacial score (nSPS) is 13.4. The van der Waals surface area contributed by atoms with Crippen LogP contribution >= 0.6 is 0 Å². The number of ether oxygens (including phenoxy) is 3. The van der Waals surface area contributed by atoms with Crippen molar-refractivity contribution in [1.29, 1.82) is 0 Å². The Labute approximate surface area is 116 Å². The molecule has 0 saturated heterocycles. The second-order valence-corrected chi connectivity index (χ2v) is 5.16. The van der Waals surface area contributed by atoms with Crippen molar-refractivity contribution in [2.75, 3.05) is 26.3 Å². The lowest BCUT2D eigenvalue weighted by Gasteiger charge is -2.26. The van der Waals surface area contributed by atoms with Crippen LogP contribution in [-0.2, 0) is 14.2 Å². The van der Waals surface area contributed by atoms with Gasteiger partial charge in [0.15, 0.2) is 6.29 Å². The molecule has 0 aromatic carbocycles. The topological polar surface area (TPSA) is 82.8 Å². The average molecular weight is 276 g/mol. The summed E-state index contributed by atoms with van der Waals surface area (Å²) in [7, 11) is 0.